The van der Waals surface area contributed by atoms with Crippen LogP contribution in [0.2, 0.25) is 0 Å². The topological polar surface area (TPSA) is 49.8 Å². The van der Waals surface area contributed by atoms with Gasteiger partial charge in [-0.3, -0.25) is 0 Å². The molecule has 17 heavy (non-hydrogen) atoms. The molecule has 0 saturated heterocycles. The molecule has 0 fully saturated rings. The molecular weight excluding hydrogens is 238 g/mol. The van der Waals surface area contributed by atoms with Gasteiger partial charge in [-0.05, 0) is 17.2 Å². The molecule has 0 radical (unpaired) electrons. The number of hydrogen-bond acceptors (Lipinski definition) is 4. The Morgan fingerprint density at radius 1 is 1.59 bits per heavy atom. The van der Waals surface area contributed by atoms with E-state index in [1.165, 1.54) is 12.0 Å². The third-order valence-electron chi connectivity index (χ3n) is 2.72. The number of benzene rings is 1. The SMILES string of the molecule is COC(=O)N1CCSc2ccc(CO)cc2C1. The van der Waals surface area contributed by atoms with Crippen LogP contribution in [0.25, 0.3) is 0 Å². The van der Waals surface area contributed by atoms with Crippen LogP contribution in [0.1, 0.15) is 11.1 Å². The van der Waals surface area contributed by atoms with Gasteiger partial charge < -0.3 is 14.7 Å². The van der Waals surface area contributed by atoms with Crippen molar-refractivity contribution in [2.24, 2.45) is 0 Å². The van der Waals surface area contributed by atoms with E-state index < -0.39 is 0 Å². The number of aliphatic hydroxyl groups excluding tert-OH is 1. The van der Waals surface area contributed by atoms with Crippen molar-refractivity contribution in [3.8, 4) is 0 Å². The lowest BCUT2D eigenvalue weighted by molar-refractivity contribution is 0.123. The summed E-state index contributed by atoms with van der Waals surface area (Å²) in [5.74, 6) is 0.862. The van der Waals surface area contributed by atoms with Crippen LogP contribution in [-0.2, 0) is 17.9 Å². The van der Waals surface area contributed by atoms with Crippen molar-refractivity contribution in [1.82, 2.24) is 4.90 Å². The van der Waals surface area contributed by atoms with Crippen molar-refractivity contribution in [3.63, 3.8) is 0 Å². The van der Waals surface area contributed by atoms with E-state index in [-0.39, 0.29) is 12.7 Å². The van der Waals surface area contributed by atoms with Gasteiger partial charge in [0.05, 0.1) is 20.3 Å². The molecule has 0 unspecified atom stereocenters. The largest absolute Gasteiger partial charge is 0.453 e. The highest BCUT2D eigenvalue weighted by molar-refractivity contribution is 7.99. The van der Waals surface area contributed by atoms with Gasteiger partial charge in [0.1, 0.15) is 0 Å². The molecule has 2 rings (SSSR count). The number of amides is 1. The molecule has 1 aliphatic heterocycles. The zero-order valence-corrected chi connectivity index (χ0v) is 10.5. The summed E-state index contributed by atoms with van der Waals surface area (Å²) >= 11 is 1.73. The number of rotatable bonds is 1. The lowest BCUT2D eigenvalue weighted by Gasteiger charge is -2.18. The number of nitrogens with zero attached hydrogens (tertiary/aromatic N) is 1. The predicted octanol–water partition coefficient (Wildman–Crippen LogP) is 1.85. The highest BCUT2D eigenvalue weighted by atomic mass is 32.2. The summed E-state index contributed by atoms with van der Waals surface area (Å²) in [6, 6.07) is 5.87. The molecule has 0 aliphatic carbocycles. The van der Waals surface area contributed by atoms with Crippen LogP contribution in [0.15, 0.2) is 23.1 Å². The summed E-state index contributed by atoms with van der Waals surface area (Å²) < 4.78 is 4.75. The third kappa shape index (κ3) is 2.73. The van der Waals surface area contributed by atoms with Crippen LogP contribution in [0.4, 0.5) is 4.79 Å². The third-order valence-corrected chi connectivity index (χ3v) is 3.82. The van der Waals surface area contributed by atoms with Gasteiger partial charge in [0.25, 0.3) is 0 Å². The van der Waals surface area contributed by atoms with Crippen molar-refractivity contribution >= 4 is 17.9 Å². The quantitative estimate of drug-likeness (QED) is 0.830. The van der Waals surface area contributed by atoms with Crippen molar-refractivity contribution in [2.75, 3.05) is 19.4 Å². The van der Waals surface area contributed by atoms with Crippen LogP contribution in [0.3, 0.4) is 0 Å². The molecule has 1 heterocycles. The molecule has 4 nitrogen and oxygen atoms in total. The van der Waals surface area contributed by atoms with Gasteiger partial charge in [0.2, 0.25) is 0 Å². The summed E-state index contributed by atoms with van der Waals surface area (Å²) in [7, 11) is 1.39. The first-order chi connectivity index (χ1) is 8.24. The van der Waals surface area contributed by atoms with Crippen LogP contribution in [0, 0.1) is 0 Å². The molecule has 1 aromatic carbocycles. The Morgan fingerprint density at radius 2 is 2.41 bits per heavy atom. The monoisotopic (exact) mass is 253 g/mol. The molecule has 92 valence electrons. The van der Waals surface area contributed by atoms with E-state index in [2.05, 4.69) is 0 Å². The first kappa shape index (κ1) is 12.3. The smallest absolute Gasteiger partial charge is 0.409 e. The first-order valence-corrected chi connectivity index (χ1v) is 6.41. The standard InChI is InChI=1S/C12H15NO3S/c1-16-12(15)13-4-5-17-11-3-2-9(8-14)6-10(11)7-13/h2-3,6,14H,4-5,7-8H2,1H3. The maximum atomic E-state index is 11.5. The first-order valence-electron chi connectivity index (χ1n) is 5.43. The predicted molar refractivity (Wildman–Crippen MR) is 65.9 cm³/mol. The fourth-order valence-corrected chi connectivity index (χ4v) is 2.84. The van der Waals surface area contributed by atoms with Gasteiger partial charge >= 0.3 is 6.09 Å². The van der Waals surface area contributed by atoms with E-state index in [1.54, 1.807) is 16.7 Å². The number of hydrogen-bond donors (Lipinski definition) is 1. The van der Waals surface area contributed by atoms with Gasteiger partial charge in [0.15, 0.2) is 0 Å². The number of fused-ring (bicyclic) bond motifs is 1. The maximum absolute atomic E-state index is 11.5. The van der Waals surface area contributed by atoms with Crippen LogP contribution in [0.5, 0.6) is 0 Å². The molecule has 0 bridgehead atoms. The summed E-state index contributed by atoms with van der Waals surface area (Å²) in [6.45, 7) is 1.25. The molecule has 1 amide bonds. The van der Waals surface area contributed by atoms with Gasteiger partial charge in [-0.25, -0.2) is 4.79 Å². The molecule has 0 saturated carbocycles. The highest BCUT2D eigenvalue weighted by Gasteiger charge is 2.19. The fourth-order valence-electron chi connectivity index (χ4n) is 1.83. The number of carbonyl (C=O) groups excluding carboxylic acids is 1. The fraction of sp³-hybridized carbons (Fsp3) is 0.417. The van der Waals surface area contributed by atoms with E-state index in [0.717, 1.165) is 16.9 Å². The lowest BCUT2D eigenvalue weighted by Crippen LogP contribution is -2.31. The van der Waals surface area contributed by atoms with Gasteiger partial charge in [-0.1, -0.05) is 12.1 Å². The number of methoxy groups -OCH3 is 1. The number of carbonyl (C=O) groups is 1. The molecule has 1 N–H and O–H groups in total. The molecule has 0 atom stereocenters. The Labute approximate surface area is 105 Å². The van der Waals surface area contributed by atoms with E-state index in [1.807, 2.05) is 18.2 Å². The summed E-state index contributed by atoms with van der Waals surface area (Å²) in [5.41, 5.74) is 1.94. The summed E-state index contributed by atoms with van der Waals surface area (Å²) in [5, 5.41) is 9.12. The average molecular weight is 253 g/mol. The number of aliphatic hydroxyl groups is 1. The Balaban J connectivity index is 2.25. The highest BCUT2D eigenvalue weighted by Crippen LogP contribution is 2.28. The Hall–Kier alpha value is -1.20. The molecule has 1 aliphatic rings. The van der Waals surface area contributed by atoms with Crippen molar-refractivity contribution in [2.45, 2.75) is 18.0 Å². The lowest BCUT2D eigenvalue weighted by atomic mass is 10.1. The van der Waals surface area contributed by atoms with E-state index in [4.69, 9.17) is 9.84 Å². The molecule has 1 aromatic rings. The average Bonchev–Trinajstić information content (AvgIpc) is 2.58. The van der Waals surface area contributed by atoms with Crippen LogP contribution < -0.4 is 0 Å². The second kappa shape index (κ2) is 5.42. The summed E-state index contributed by atoms with van der Waals surface area (Å²) in [6.07, 6.45) is -0.298. The van der Waals surface area contributed by atoms with E-state index >= 15 is 0 Å². The summed E-state index contributed by atoms with van der Waals surface area (Å²) in [4.78, 5) is 14.4. The second-order valence-corrected chi connectivity index (χ2v) is 4.98. The van der Waals surface area contributed by atoms with Crippen molar-refractivity contribution < 1.29 is 14.6 Å². The van der Waals surface area contributed by atoms with E-state index in [0.29, 0.717) is 13.1 Å². The zero-order chi connectivity index (χ0) is 12.3. The molecule has 5 heteroatoms. The number of ether oxygens (including phenoxy) is 1. The molecular formula is C12H15NO3S. The Morgan fingerprint density at radius 3 is 3.12 bits per heavy atom. The van der Waals surface area contributed by atoms with Crippen molar-refractivity contribution in [3.05, 3.63) is 29.3 Å². The minimum atomic E-state index is -0.298. The minimum Gasteiger partial charge on any atom is -0.453 e. The van der Waals surface area contributed by atoms with Gasteiger partial charge in [0, 0.05) is 17.2 Å². The van der Waals surface area contributed by atoms with E-state index in [9.17, 15) is 4.79 Å². The van der Waals surface area contributed by atoms with Crippen molar-refractivity contribution in [1.29, 1.82) is 0 Å². The molecule has 0 aromatic heterocycles. The second-order valence-electron chi connectivity index (χ2n) is 3.84. The Bertz CT molecular complexity index is 422. The number of thioether (sulfide) groups is 1. The van der Waals surface area contributed by atoms with Crippen LogP contribution in [-0.4, -0.2) is 35.5 Å². The van der Waals surface area contributed by atoms with Gasteiger partial charge in [-0.15, -0.1) is 11.8 Å². The van der Waals surface area contributed by atoms with Crippen LogP contribution >= 0.6 is 11.8 Å². The van der Waals surface area contributed by atoms with Gasteiger partial charge in [-0.2, -0.15) is 0 Å². The molecule has 0 spiro atoms. The normalized spacial score (nSPS) is 15.1. The Kier molecular flexibility index (Phi) is 3.91. The minimum absolute atomic E-state index is 0.0240. The zero-order valence-electron chi connectivity index (χ0n) is 9.68. The maximum Gasteiger partial charge on any atom is 0.409 e.